The van der Waals surface area contributed by atoms with Gasteiger partial charge in [-0.15, -0.1) is 5.10 Å². The van der Waals surface area contributed by atoms with Gasteiger partial charge in [0.05, 0.1) is 23.3 Å². The number of nitrogens with zero attached hydrogens (tertiary/aromatic N) is 5. The number of halogens is 1. The van der Waals surface area contributed by atoms with E-state index >= 15 is 0 Å². The minimum Gasteiger partial charge on any atom is -0.367 e. The lowest BCUT2D eigenvalue weighted by atomic mass is 10.2. The highest BCUT2D eigenvalue weighted by Gasteiger charge is 2.20. The number of nitrogens with one attached hydrogen (secondary N) is 1. The van der Waals surface area contributed by atoms with Gasteiger partial charge in [-0.05, 0) is 36.9 Å². The van der Waals surface area contributed by atoms with E-state index in [0.29, 0.717) is 10.7 Å². The largest absolute Gasteiger partial charge is 0.367 e. The molecule has 1 aromatic heterocycles. The lowest BCUT2D eigenvalue weighted by Crippen LogP contribution is -2.46. The second-order valence-corrected chi connectivity index (χ2v) is 7.33. The number of hydrogen-bond donors (Lipinski definition) is 1. The molecule has 1 fully saturated rings. The summed E-state index contributed by atoms with van der Waals surface area (Å²) in [4.78, 5) is 18.9. The maximum atomic E-state index is 12.8. The standard InChI is InChI=1S/C21H23ClN6O/c1-2-26-10-12-27(13-11-26)20-9-8-16(22)14-18(20)24-21(29)19-15-23-28(25-19)17-6-4-3-5-7-17/h3-9,14-15H,2,10-13H2,1H3,(H,24,29). The van der Waals surface area contributed by atoms with Crippen molar-refractivity contribution in [1.29, 1.82) is 0 Å². The van der Waals surface area contributed by atoms with Crippen LogP contribution in [0, 0.1) is 0 Å². The summed E-state index contributed by atoms with van der Waals surface area (Å²) in [5.41, 5.74) is 2.69. The number of anilines is 2. The first-order valence-electron chi connectivity index (χ1n) is 9.70. The summed E-state index contributed by atoms with van der Waals surface area (Å²) < 4.78 is 0. The molecule has 0 unspecified atom stereocenters. The lowest BCUT2D eigenvalue weighted by Gasteiger charge is -2.36. The Labute approximate surface area is 174 Å². The second-order valence-electron chi connectivity index (χ2n) is 6.89. The van der Waals surface area contributed by atoms with E-state index in [0.717, 1.165) is 44.1 Å². The molecule has 0 atom stereocenters. The van der Waals surface area contributed by atoms with Gasteiger partial charge >= 0.3 is 0 Å². The van der Waals surface area contributed by atoms with Gasteiger partial charge in [-0.25, -0.2) is 0 Å². The number of amides is 1. The van der Waals surface area contributed by atoms with Crippen molar-refractivity contribution in [2.75, 3.05) is 42.9 Å². The van der Waals surface area contributed by atoms with Crippen LogP contribution in [0.2, 0.25) is 5.02 Å². The molecule has 7 nitrogen and oxygen atoms in total. The van der Waals surface area contributed by atoms with Gasteiger partial charge in [-0.1, -0.05) is 36.7 Å². The summed E-state index contributed by atoms with van der Waals surface area (Å²) in [6, 6.07) is 15.1. The summed E-state index contributed by atoms with van der Waals surface area (Å²) in [5, 5.41) is 12.0. The molecule has 3 aromatic rings. The third kappa shape index (κ3) is 4.41. The fourth-order valence-corrected chi connectivity index (χ4v) is 3.60. The Morgan fingerprint density at radius 3 is 2.59 bits per heavy atom. The third-order valence-electron chi connectivity index (χ3n) is 5.08. The molecular formula is C21H23ClN6O. The first kappa shape index (κ1) is 19.4. The van der Waals surface area contributed by atoms with E-state index in [2.05, 4.69) is 32.2 Å². The van der Waals surface area contributed by atoms with E-state index in [9.17, 15) is 4.79 Å². The van der Waals surface area contributed by atoms with E-state index in [-0.39, 0.29) is 11.6 Å². The highest BCUT2D eigenvalue weighted by Crippen LogP contribution is 2.30. The molecule has 0 spiro atoms. The van der Waals surface area contributed by atoms with Gasteiger partial charge in [-0.2, -0.15) is 9.90 Å². The average Bonchev–Trinajstić information content (AvgIpc) is 3.25. The van der Waals surface area contributed by atoms with E-state index < -0.39 is 0 Å². The van der Waals surface area contributed by atoms with Crippen LogP contribution in [0.1, 0.15) is 17.4 Å². The Kier molecular flexibility index (Phi) is 5.78. The van der Waals surface area contributed by atoms with Crippen molar-refractivity contribution in [3.05, 3.63) is 65.4 Å². The predicted molar refractivity (Wildman–Crippen MR) is 115 cm³/mol. The van der Waals surface area contributed by atoms with E-state index in [4.69, 9.17) is 11.6 Å². The number of benzene rings is 2. The molecule has 150 valence electrons. The van der Waals surface area contributed by atoms with Crippen LogP contribution < -0.4 is 10.2 Å². The predicted octanol–water partition coefficient (Wildman–Crippen LogP) is 3.31. The lowest BCUT2D eigenvalue weighted by molar-refractivity contribution is 0.102. The summed E-state index contributed by atoms with van der Waals surface area (Å²) in [5.74, 6) is -0.317. The monoisotopic (exact) mass is 410 g/mol. The van der Waals surface area contributed by atoms with Crippen LogP contribution >= 0.6 is 11.6 Å². The number of aromatic nitrogens is 3. The maximum Gasteiger partial charge on any atom is 0.277 e. The molecule has 1 N–H and O–H groups in total. The Hall–Kier alpha value is -2.90. The van der Waals surface area contributed by atoms with Crippen molar-refractivity contribution < 1.29 is 4.79 Å². The van der Waals surface area contributed by atoms with Crippen molar-refractivity contribution in [2.24, 2.45) is 0 Å². The first-order chi connectivity index (χ1) is 14.1. The van der Waals surface area contributed by atoms with E-state index in [1.165, 1.54) is 11.0 Å². The zero-order valence-corrected chi connectivity index (χ0v) is 17.0. The van der Waals surface area contributed by atoms with Gasteiger partial charge < -0.3 is 15.1 Å². The van der Waals surface area contributed by atoms with Gasteiger partial charge in [-0.3, -0.25) is 4.79 Å². The normalized spacial score (nSPS) is 14.8. The zero-order valence-electron chi connectivity index (χ0n) is 16.3. The number of hydrogen-bond acceptors (Lipinski definition) is 5. The molecule has 0 saturated carbocycles. The number of piperazine rings is 1. The summed E-state index contributed by atoms with van der Waals surface area (Å²) in [6.07, 6.45) is 1.46. The fourth-order valence-electron chi connectivity index (χ4n) is 3.43. The van der Waals surface area contributed by atoms with Crippen LogP contribution in [0.3, 0.4) is 0 Å². The van der Waals surface area contributed by atoms with Crippen LogP contribution in [-0.4, -0.2) is 58.5 Å². The minimum atomic E-state index is -0.317. The smallest absolute Gasteiger partial charge is 0.277 e. The topological polar surface area (TPSA) is 66.3 Å². The minimum absolute atomic E-state index is 0.246. The van der Waals surface area contributed by atoms with Crippen molar-refractivity contribution in [1.82, 2.24) is 19.9 Å². The Morgan fingerprint density at radius 2 is 1.86 bits per heavy atom. The molecule has 4 rings (SSSR count). The Morgan fingerprint density at radius 1 is 1.10 bits per heavy atom. The molecule has 0 radical (unpaired) electrons. The van der Waals surface area contributed by atoms with Gasteiger partial charge in [0.25, 0.3) is 5.91 Å². The van der Waals surface area contributed by atoms with Crippen molar-refractivity contribution in [2.45, 2.75) is 6.92 Å². The van der Waals surface area contributed by atoms with Crippen molar-refractivity contribution >= 4 is 28.9 Å². The molecule has 1 aliphatic rings. The molecular weight excluding hydrogens is 388 g/mol. The summed E-state index contributed by atoms with van der Waals surface area (Å²) >= 11 is 6.20. The van der Waals surface area contributed by atoms with E-state index in [1.54, 1.807) is 6.07 Å². The summed E-state index contributed by atoms with van der Waals surface area (Å²) in [7, 11) is 0. The summed E-state index contributed by atoms with van der Waals surface area (Å²) in [6.45, 7) is 7.03. The molecule has 1 saturated heterocycles. The second kappa shape index (κ2) is 8.63. The quantitative estimate of drug-likeness (QED) is 0.699. The first-order valence-corrected chi connectivity index (χ1v) is 10.1. The van der Waals surface area contributed by atoms with Gasteiger partial charge in [0.1, 0.15) is 0 Å². The third-order valence-corrected chi connectivity index (χ3v) is 5.31. The van der Waals surface area contributed by atoms with Crippen molar-refractivity contribution in [3.8, 4) is 5.69 Å². The van der Waals surface area contributed by atoms with Crippen LogP contribution in [0.25, 0.3) is 5.69 Å². The Balaban J connectivity index is 1.53. The molecule has 0 aliphatic carbocycles. The van der Waals surface area contributed by atoms with Crippen LogP contribution in [0.15, 0.2) is 54.7 Å². The number of para-hydroxylation sites is 1. The highest BCUT2D eigenvalue weighted by molar-refractivity contribution is 6.31. The molecule has 8 heteroatoms. The number of carbonyl (C=O) groups is 1. The molecule has 2 heterocycles. The van der Waals surface area contributed by atoms with Crippen LogP contribution in [0.4, 0.5) is 11.4 Å². The van der Waals surface area contributed by atoms with Crippen LogP contribution in [0.5, 0.6) is 0 Å². The number of carbonyl (C=O) groups excluding carboxylic acids is 1. The zero-order chi connectivity index (χ0) is 20.2. The molecule has 1 amide bonds. The highest BCUT2D eigenvalue weighted by atomic mass is 35.5. The average molecular weight is 411 g/mol. The number of likely N-dealkylation sites (N-methyl/N-ethyl adjacent to an activating group) is 1. The fraction of sp³-hybridized carbons (Fsp3) is 0.286. The van der Waals surface area contributed by atoms with Gasteiger partial charge in [0.15, 0.2) is 5.69 Å². The van der Waals surface area contributed by atoms with Crippen LogP contribution in [-0.2, 0) is 0 Å². The van der Waals surface area contributed by atoms with Crippen molar-refractivity contribution in [3.63, 3.8) is 0 Å². The SMILES string of the molecule is CCN1CCN(c2ccc(Cl)cc2NC(=O)c2cnn(-c3ccccc3)n2)CC1. The number of rotatable bonds is 5. The molecule has 29 heavy (non-hydrogen) atoms. The van der Waals surface area contributed by atoms with E-state index in [1.807, 2.05) is 42.5 Å². The molecule has 1 aliphatic heterocycles. The molecule has 0 bridgehead atoms. The van der Waals surface area contributed by atoms with Gasteiger partial charge in [0, 0.05) is 31.2 Å². The molecule has 2 aromatic carbocycles. The Bertz CT molecular complexity index is 982. The maximum absolute atomic E-state index is 12.8. The van der Waals surface area contributed by atoms with Gasteiger partial charge in [0.2, 0.25) is 0 Å².